The average molecular weight is 254 g/mol. The van der Waals surface area contributed by atoms with E-state index in [0.717, 1.165) is 18.7 Å². The molecule has 6 nitrogen and oxygen atoms in total. The molecule has 0 aliphatic heterocycles. The molecule has 1 atom stereocenters. The van der Waals surface area contributed by atoms with Crippen molar-refractivity contribution in [3.63, 3.8) is 0 Å². The first-order valence-corrected chi connectivity index (χ1v) is 6.28. The SMILES string of the molecule is CCC(CC(=O)O)Cn1nnnc1CC(C)(C)C. The smallest absolute Gasteiger partial charge is 0.303 e. The first-order valence-electron chi connectivity index (χ1n) is 6.28. The maximum atomic E-state index is 10.7. The number of aliphatic carboxylic acids is 1. The summed E-state index contributed by atoms with van der Waals surface area (Å²) in [6, 6.07) is 0. The number of carboxylic acid groups (broad SMARTS) is 1. The van der Waals surface area contributed by atoms with Crippen LogP contribution in [0, 0.1) is 11.3 Å². The van der Waals surface area contributed by atoms with E-state index in [2.05, 4.69) is 36.3 Å². The summed E-state index contributed by atoms with van der Waals surface area (Å²) in [5.74, 6) is 0.128. The fraction of sp³-hybridized carbons (Fsp3) is 0.833. The molecule has 102 valence electrons. The first-order chi connectivity index (χ1) is 8.31. The van der Waals surface area contributed by atoms with Gasteiger partial charge in [-0.25, -0.2) is 4.68 Å². The number of carbonyl (C=O) groups is 1. The van der Waals surface area contributed by atoms with Gasteiger partial charge in [-0.2, -0.15) is 0 Å². The third-order valence-corrected chi connectivity index (χ3v) is 2.77. The predicted molar refractivity (Wildman–Crippen MR) is 67.0 cm³/mol. The maximum Gasteiger partial charge on any atom is 0.303 e. The highest BCUT2D eigenvalue weighted by Gasteiger charge is 2.19. The van der Waals surface area contributed by atoms with Crippen molar-refractivity contribution < 1.29 is 9.90 Å². The van der Waals surface area contributed by atoms with Crippen LogP contribution in [0.5, 0.6) is 0 Å². The van der Waals surface area contributed by atoms with Gasteiger partial charge in [0.25, 0.3) is 0 Å². The lowest BCUT2D eigenvalue weighted by atomic mass is 9.92. The van der Waals surface area contributed by atoms with Crippen LogP contribution in [0.25, 0.3) is 0 Å². The quantitative estimate of drug-likeness (QED) is 0.836. The molecule has 0 saturated carbocycles. The molecule has 1 rings (SSSR count). The lowest BCUT2D eigenvalue weighted by molar-refractivity contribution is -0.138. The van der Waals surface area contributed by atoms with Crippen LogP contribution < -0.4 is 0 Å². The van der Waals surface area contributed by atoms with Crippen LogP contribution in [0.1, 0.15) is 46.4 Å². The van der Waals surface area contributed by atoms with Crippen LogP contribution in [0.3, 0.4) is 0 Å². The molecule has 0 aliphatic carbocycles. The van der Waals surface area contributed by atoms with Gasteiger partial charge in [-0.3, -0.25) is 4.79 Å². The van der Waals surface area contributed by atoms with Gasteiger partial charge in [0.05, 0.1) is 0 Å². The van der Waals surface area contributed by atoms with Crippen LogP contribution in [0.15, 0.2) is 0 Å². The van der Waals surface area contributed by atoms with Crippen molar-refractivity contribution in [1.29, 1.82) is 0 Å². The molecule has 0 amide bonds. The van der Waals surface area contributed by atoms with Crippen LogP contribution in [0.4, 0.5) is 0 Å². The standard InChI is InChI=1S/C12H22N4O2/c1-5-9(6-11(17)18)8-16-10(13-14-15-16)7-12(2,3)4/h9H,5-8H2,1-4H3,(H,17,18). The van der Waals surface area contributed by atoms with Crippen molar-refractivity contribution in [2.45, 2.75) is 53.5 Å². The number of nitrogens with zero attached hydrogens (tertiary/aromatic N) is 4. The van der Waals surface area contributed by atoms with E-state index < -0.39 is 5.97 Å². The first kappa shape index (κ1) is 14.6. The number of aromatic nitrogens is 4. The molecule has 18 heavy (non-hydrogen) atoms. The molecular formula is C12H22N4O2. The minimum absolute atomic E-state index is 0.0738. The predicted octanol–water partition coefficient (Wildman–Crippen LogP) is 1.76. The van der Waals surface area contributed by atoms with Crippen molar-refractivity contribution in [2.24, 2.45) is 11.3 Å². The second-order valence-electron chi connectivity index (χ2n) is 5.89. The fourth-order valence-corrected chi connectivity index (χ4v) is 1.80. The molecule has 1 unspecified atom stereocenters. The lowest BCUT2D eigenvalue weighted by Gasteiger charge is -2.18. The van der Waals surface area contributed by atoms with E-state index >= 15 is 0 Å². The van der Waals surface area contributed by atoms with E-state index in [1.807, 2.05) is 6.92 Å². The third kappa shape index (κ3) is 4.81. The minimum Gasteiger partial charge on any atom is -0.481 e. The van der Waals surface area contributed by atoms with Crippen molar-refractivity contribution in [1.82, 2.24) is 20.2 Å². The molecule has 0 aromatic carbocycles. The molecule has 0 bridgehead atoms. The summed E-state index contributed by atoms with van der Waals surface area (Å²) in [5, 5.41) is 20.5. The van der Waals surface area contributed by atoms with E-state index in [-0.39, 0.29) is 17.8 Å². The minimum atomic E-state index is -0.771. The van der Waals surface area contributed by atoms with Crippen molar-refractivity contribution in [3.05, 3.63) is 5.82 Å². The number of tetrazole rings is 1. The molecule has 1 aromatic heterocycles. The van der Waals surface area contributed by atoms with Gasteiger partial charge in [-0.05, 0) is 21.8 Å². The van der Waals surface area contributed by atoms with Crippen molar-refractivity contribution in [3.8, 4) is 0 Å². The summed E-state index contributed by atoms with van der Waals surface area (Å²) in [7, 11) is 0. The monoisotopic (exact) mass is 254 g/mol. The van der Waals surface area contributed by atoms with Gasteiger partial charge < -0.3 is 5.11 Å². The molecule has 0 spiro atoms. The zero-order valence-corrected chi connectivity index (χ0v) is 11.6. The molecule has 0 saturated heterocycles. The van der Waals surface area contributed by atoms with Gasteiger partial charge in [0.1, 0.15) is 0 Å². The zero-order chi connectivity index (χ0) is 13.8. The highest BCUT2D eigenvalue weighted by atomic mass is 16.4. The Morgan fingerprint density at radius 1 is 1.44 bits per heavy atom. The van der Waals surface area contributed by atoms with Crippen LogP contribution >= 0.6 is 0 Å². The van der Waals surface area contributed by atoms with Crippen molar-refractivity contribution >= 4 is 5.97 Å². The van der Waals surface area contributed by atoms with E-state index in [1.54, 1.807) is 4.68 Å². The molecule has 1 heterocycles. The lowest BCUT2D eigenvalue weighted by Crippen LogP contribution is -2.20. The van der Waals surface area contributed by atoms with Gasteiger partial charge in [-0.15, -0.1) is 5.10 Å². The van der Waals surface area contributed by atoms with Crippen molar-refractivity contribution in [2.75, 3.05) is 0 Å². The number of hydrogen-bond acceptors (Lipinski definition) is 4. The summed E-state index contributed by atoms with van der Waals surface area (Å²) in [5.41, 5.74) is 0.112. The third-order valence-electron chi connectivity index (χ3n) is 2.77. The van der Waals surface area contributed by atoms with Crippen LogP contribution in [0.2, 0.25) is 0 Å². The van der Waals surface area contributed by atoms with E-state index in [9.17, 15) is 4.79 Å². The molecule has 1 aromatic rings. The maximum absolute atomic E-state index is 10.7. The Morgan fingerprint density at radius 3 is 2.61 bits per heavy atom. The Hall–Kier alpha value is -1.46. The van der Waals surface area contributed by atoms with Crippen LogP contribution in [-0.4, -0.2) is 31.3 Å². The average Bonchev–Trinajstić information content (AvgIpc) is 2.61. The second-order valence-corrected chi connectivity index (χ2v) is 5.89. The summed E-state index contributed by atoms with van der Waals surface area (Å²) in [6.07, 6.45) is 1.75. The molecule has 0 aliphatic rings. The zero-order valence-electron chi connectivity index (χ0n) is 11.6. The van der Waals surface area contributed by atoms with E-state index in [0.29, 0.717) is 6.54 Å². The summed E-state index contributed by atoms with van der Waals surface area (Å²) >= 11 is 0. The second kappa shape index (κ2) is 5.93. The summed E-state index contributed by atoms with van der Waals surface area (Å²) in [6.45, 7) is 8.93. The number of hydrogen-bond donors (Lipinski definition) is 1. The van der Waals surface area contributed by atoms with Crippen LogP contribution in [-0.2, 0) is 17.8 Å². The number of rotatable bonds is 6. The molecular weight excluding hydrogens is 232 g/mol. The molecule has 6 heteroatoms. The van der Waals surface area contributed by atoms with Gasteiger partial charge in [0.2, 0.25) is 0 Å². The Labute approximate surface area is 107 Å². The molecule has 1 N–H and O–H groups in total. The molecule has 0 fully saturated rings. The van der Waals surface area contributed by atoms with E-state index in [1.165, 1.54) is 0 Å². The Morgan fingerprint density at radius 2 is 2.11 bits per heavy atom. The van der Waals surface area contributed by atoms with Gasteiger partial charge in [0.15, 0.2) is 5.82 Å². The van der Waals surface area contributed by atoms with Gasteiger partial charge in [0, 0.05) is 19.4 Å². The number of carboxylic acids is 1. The summed E-state index contributed by atoms with van der Waals surface area (Å²) in [4.78, 5) is 10.7. The highest BCUT2D eigenvalue weighted by molar-refractivity contribution is 5.66. The Bertz CT molecular complexity index is 395. The highest BCUT2D eigenvalue weighted by Crippen LogP contribution is 2.20. The normalized spacial score (nSPS) is 13.6. The fourth-order valence-electron chi connectivity index (χ4n) is 1.80. The van der Waals surface area contributed by atoms with E-state index in [4.69, 9.17) is 5.11 Å². The largest absolute Gasteiger partial charge is 0.481 e. The topological polar surface area (TPSA) is 80.9 Å². The van der Waals surface area contributed by atoms with Gasteiger partial charge >= 0.3 is 5.97 Å². The Balaban J connectivity index is 2.72. The summed E-state index contributed by atoms with van der Waals surface area (Å²) < 4.78 is 1.74. The van der Waals surface area contributed by atoms with Gasteiger partial charge in [-0.1, -0.05) is 34.1 Å². The Kier molecular flexibility index (Phi) is 4.81. The molecule has 0 radical (unpaired) electrons.